The smallest absolute Gasteiger partial charge is 0.335 e. The van der Waals surface area contributed by atoms with Crippen LogP contribution >= 0.6 is 7.60 Å². The van der Waals surface area contributed by atoms with Gasteiger partial charge in [0.05, 0.1) is 19.4 Å². The van der Waals surface area contributed by atoms with E-state index in [0.717, 1.165) is 16.3 Å². The average Bonchev–Trinajstić information content (AvgIpc) is 2.79. The Morgan fingerprint density at radius 3 is 2.21 bits per heavy atom. The molecular weight excluding hydrogens is 441 g/mol. The monoisotopic (exact) mass is 469 g/mol. The molecule has 3 rings (SSSR count). The molecule has 8 heteroatoms. The maximum absolute atomic E-state index is 12.7. The lowest BCUT2D eigenvalue weighted by molar-refractivity contribution is -0.139. The minimum Gasteiger partial charge on any atom is -0.480 e. The Morgan fingerprint density at radius 2 is 1.58 bits per heavy atom. The normalized spacial score (nSPS) is 12.4. The van der Waals surface area contributed by atoms with E-state index in [4.69, 9.17) is 9.05 Å². The second-order valence-electron chi connectivity index (χ2n) is 7.51. The van der Waals surface area contributed by atoms with Gasteiger partial charge in [-0.3, -0.25) is 9.36 Å². The van der Waals surface area contributed by atoms with E-state index < -0.39 is 25.5 Å². The molecule has 0 saturated heterocycles. The topological polar surface area (TPSA) is 102 Å². The third-order valence-corrected chi connectivity index (χ3v) is 7.21. The zero-order chi connectivity index (χ0) is 23.8. The second kappa shape index (κ2) is 11.2. The van der Waals surface area contributed by atoms with Gasteiger partial charge in [0.2, 0.25) is 0 Å². The molecule has 0 aromatic heterocycles. The van der Waals surface area contributed by atoms with Gasteiger partial charge in [-0.2, -0.15) is 0 Å². The van der Waals surface area contributed by atoms with Gasteiger partial charge in [-0.05, 0) is 47.9 Å². The van der Waals surface area contributed by atoms with E-state index in [-0.39, 0.29) is 25.8 Å². The summed E-state index contributed by atoms with van der Waals surface area (Å²) in [6, 6.07) is 18.8. The second-order valence-corrected chi connectivity index (χ2v) is 9.56. The fourth-order valence-corrected chi connectivity index (χ4v) is 5.34. The van der Waals surface area contributed by atoms with Crippen LogP contribution in [0.5, 0.6) is 0 Å². The first kappa shape index (κ1) is 24.6. The van der Waals surface area contributed by atoms with Gasteiger partial charge in [0.1, 0.15) is 6.04 Å². The highest BCUT2D eigenvalue weighted by Crippen LogP contribution is 2.51. The molecule has 3 aromatic rings. The van der Waals surface area contributed by atoms with Crippen molar-refractivity contribution in [3.8, 4) is 0 Å². The minimum absolute atomic E-state index is 0.0927. The van der Waals surface area contributed by atoms with Gasteiger partial charge in [0.25, 0.3) is 5.91 Å². The average molecular weight is 469 g/mol. The fraction of sp³-hybridized carbons (Fsp3) is 0.280. The summed E-state index contributed by atoms with van der Waals surface area (Å²) < 4.78 is 23.3. The number of carbonyl (C=O) groups excluding carboxylic acids is 1. The van der Waals surface area contributed by atoms with Crippen molar-refractivity contribution in [2.75, 3.05) is 13.2 Å². The van der Waals surface area contributed by atoms with E-state index in [9.17, 15) is 19.3 Å². The van der Waals surface area contributed by atoms with Crippen molar-refractivity contribution in [3.63, 3.8) is 0 Å². The molecule has 2 N–H and O–H groups in total. The number of carboxylic acids is 1. The number of fused-ring (bicyclic) bond motifs is 1. The molecule has 7 nitrogen and oxygen atoms in total. The summed E-state index contributed by atoms with van der Waals surface area (Å²) in [5.41, 5.74) is 1.85. The number of carbonyl (C=O) groups is 2. The summed E-state index contributed by atoms with van der Waals surface area (Å²) >= 11 is 0. The van der Waals surface area contributed by atoms with E-state index in [0.29, 0.717) is 11.1 Å². The molecule has 3 aromatic carbocycles. The van der Waals surface area contributed by atoms with E-state index >= 15 is 0 Å². The van der Waals surface area contributed by atoms with Crippen molar-refractivity contribution in [3.05, 3.63) is 83.4 Å². The Kier molecular flexibility index (Phi) is 8.39. The Morgan fingerprint density at radius 1 is 0.939 bits per heavy atom. The Labute approximate surface area is 193 Å². The van der Waals surface area contributed by atoms with Crippen LogP contribution in [0.1, 0.15) is 35.3 Å². The lowest BCUT2D eigenvalue weighted by Gasteiger charge is -2.18. The third kappa shape index (κ3) is 6.51. The zero-order valence-electron chi connectivity index (χ0n) is 18.7. The maximum atomic E-state index is 12.7. The Bertz CT molecular complexity index is 1150. The standard InChI is InChI=1S/C25H28NO6P/c1-3-31-33(30,32-4-2)17-18-12-14-20(15-13-18)24(27)26-23(25(28)29)16-21-10-7-9-19-8-5-6-11-22(19)21/h5-15,23H,3-4,16-17H2,1-2H3,(H,26,27)(H,28,29)/t23-/m0/s1. The summed E-state index contributed by atoms with van der Waals surface area (Å²) in [6.45, 7) is 4.03. The van der Waals surface area contributed by atoms with Gasteiger partial charge in [-0.25, -0.2) is 4.79 Å². The van der Waals surface area contributed by atoms with Crippen molar-refractivity contribution in [2.45, 2.75) is 32.5 Å². The predicted molar refractivity (Wildman–Crippen MR) is 128 cm³/mol. The molecule has 174 valence electrons. The summed E-state index contributed by atoms with van der Waals surface area (Å²) in [7, 11) is -3.25. The summed E-state index contributed by atoms with van der Waals surface area (Å²) in [5.74, 6) is -1.60. The number of amides is 1. The Hall–Kier alpha value is -2.99. The molecule has 0 heterocycles. The lowest BCUT2D eigenvalue weighted by Crippen LogP contribution is -2.42. The van der Waals surface area contributed by atoms with E-state index in [1.807, 2.05) is 42.5 Å². The molecule has 0 radical (unpaired) electrons. The maximum Gasteiger partial charge on any atom is 0.335 e. The first-order chi connectivity index (χ1) is 15.8. The van der Waals surface area contributed by atoms with Crippen LogP contribution in [0.15, 0.2) is 66.7 Å². The molecule has 0 bridgehead atoms. The molecule has 33 heavy (non-hydrogen) atoms. The number of hydrogen-bond acceptors (Lipinski definition) is 5. The molecule has 0 aliphatic rings. The van der Waals surface area contributed by atoms with Crippen molar-refractivity contribution in [1.82, 2.24) is 5.32 Å². The lowest BCUT2D eigenvalue weighted by atomic mass is 9.98. The molecule has 0 aliphatic heterocycles. The van der Waals surface area contributed by atoms with E-state index in [2.05, 4.69) is 5.32 Å². The van der Waals surface area contributed by atoms with Gasteiger partial charge < -0.3 is 19.5 Å². The zero-order valence-corrected chi connectivity index (χ0v) is 19.6. The van der Waals surface area contributed by atoms with Crippen LogP contribution in [0.3, 0.4) is 0 Å². The number of hydrogen-bond donors (Lipinski definition) is 2. The predicted octanol–water partition coefficient (Wildman–Crippen LogP) is 5.03. The van der Waals surface area contributed by atoms with Crippen LogP contribution in [0.4, 0.5) is 0 Å². The molecular formula is C25H28NO6P. The molecule has 0 spiro atoms. The number of carboxylic acid groups (broad SMARTS) is 1. The third-order valence-electron chi connectivity index (χ3n) is 5.15. The van der Waals surface area contributed by atoms with Gasteiger partial charge in [0, 0.05) is 12.0 Å². The van der Waals surface area contributed by atoms with Crippen LogP contribution in [0.2, 0.25) is 0 Å². The molecule has 0 unspecified atom stereocenters. The quantitative estimate of drug-likeness (QED) is 0.382. The van der Waals surface area contributed by atoms with E-state index in [1.165, 1.54) is 0 Å². The van der Waals surface area contributed by atoms with E-state index in [1.54, 1.807) is 38.1 Å². The molecule has 1 atom stereocenters. The molecule has 1 amide bonds. The highest BCUT2D eigenvalue weighted by atomic mass is 31.2. The number of aliphatic carboxylic acids is 1. The highest BCUT2D eigenvalue weighted by Gasteiger charge is 2.25. The van der Waals surface area contributed by atoms with Gasteiger partial charge >= 0.3 is 13.6 Å². The minimum atomic E-state index is -3.25. The first-order valence-electron chi connectivity index (χ1n) is 10.8. The Balaban J connectivity index is 1.71. The highest BCUT2D eigenvalue weighted by molar-refractivity contribution is 7.53. The van der Waals surface area contributed by atoms with Gasteiger partial charge in [0.15, 0.2) is 0 Å². The molecule has 0 saturated carbocycles. The van der Waals surface area contributed by atoms with Crippen LogP contribution in [-0.4, -0.2) is 36.2 Å². The van der Waals surface area contributed by atoms with Crippen LogP contribution in [0, 0.1) is 0 Å². The van der Waals surface area contributed by atoms with Gasteiger partial charge in [-0.1, -0.05) is 54.6 Å². The number of benzene rings is 3. The summed E-state index contributed by atoms with van der Waals surface area (Å²) in [6.07, 6.45) is 0.252. The fourth-order valence-electron chi connectivity index (χ4n) is 3.64. The van der Waals surface area contributed by atoms with Crippen LogP contribution < -0.4 is 5.32 Å². The first-order valence-corrected chi connectivity index (χ1v) is 12.6. The van der Waals surface area contributed by atoms with Gasteiger partial charge in [-0.15, -0.1) is 0 Å². The number of rotatable bonds is 11. The van der Waals surface area contributed by atoms with Crippen LogP contribution in [-0.2, 0) is 31.0 Å². The van der Waals surface area contributed by atoms with Crippen molar-refractivity contribution in [2.24, 2.45) is 0 Å². The number of nitrogens with one attached hydrogen (secondary N) is 1. The SMILES string of the molecule is CCOP(=O)(Cc1ccc(C(=O)N[C@@H](Cc2cccc3ccccc23)C(=O)O)cc1)OCC. The summed E-state index contributed by atoms with van der Waals surface area (Å²) in [4.78, 5) is 24.6. The molecule has 0 aliphatic carbocycles. The van der Waals surface area contributed by atoms with Crippen molar-refractivity contribution >= 4 is 30.2 Å². The van der Waals surface area contributed by atoms with Crippen molar-refractivity contribution < 1.29 is 28.3 Å². The largest absolute Gasteiger partial charge is 0.480 e. The van der Waals surface area contributed by atoms with Crippen molar-refractivity contribution in [1.29, 1.82) is 0 Å². The summed E-state index contributed by atoms with van der Waals surface area (Å²) in [5, 5.41) is 14.3. The van der Waals surface area contributed by atoms with Crippen LogP contribution in [0.25, 0.3) is 10.8 Å². The molecule has 0 fully saturated rings.